The van der Waals surface area contributed by atoms with Crippen molar-refractivity contribution in [3.63, 3.8) is 0 Å². The average molecular weight is 427 g/mol. The molecule has 2 fully saturated rings. The third kappa shape index (κ3) is 4.45. The van der Waals surface area contributed by atoms with Gasteiger partial charge < -0.3 is 14.5 Å². The van der Waals surface area contributed by atoms with E-state index in [0.29, 0.717) is 0 Å². The van der Waals surface area contributed by atoms with Crippen LogP contribution < -0.4 is 9.80 Å². The highest BCUT2D eigenvalue weighted by Crippen LogP contribution is 2.28. The van der Waals surface area contributed by atoms with Crippen molar-refractivity contribution in [1.29, 1.82) is 0 Å². The zero-order valence-electron chi connectivity index (χ0n) is 17.5. The molecule has 160 valence electrons. The predicted octanol–water partition coefficient (Wildman–Crippen LogP) is 1.75. The summed E-state index contributed by atoms with van der Waals surface area (Å²) in [5, 5.41) is 0. The zero-order chi connectivity index (χ0) is 20.3. The number of fused-ring (bicyclic) bond motifs is 1. The Bertz CT molecular complexity index is 849. The van der Waals surface area contributed by atoms with E-state index in [1.54, 1.807) is 0 Å². The van der Waals surface area contributed by atoms with Crippen LogP contribution in [-0.2, 0) is 11.2 Å². The number of ether oxygens (including phenoxy) is 1. The molecule has 0 aliphatic carbocycles. The predicted molar refractivity (Wildman–Crippen MR) is 124 cm³/mol. The second kappa shape index (κ2) is 9.15. The third-order valence-corrected chi connectivity index (χ3v) is 6.90. The van der Waals surface area contributed by atoms with Crippen LogP contribution in [0.1, 0.15) is 5.56 Å². The van der Waals surface area contributed by atoms with Crippen LogP contribution in [0.25, 0.3) is 11.4 Å². The van der Waals surface area contributed by atoms with Gasteiger partial charge in [-0.2, -0.15) is 0 Å². The molecule has 1 aromatic carbocycles. The highest BCUT2D eigenvalue weighted by molar-refractivity contribution is 7.13. The van der Waals surface area contributed by atoms with Gasteiger partial charge in [0.25, 0.3) is 0 Å². The molecule has 0 saturated carbocycles. The van der Waals surface area contributed by atoms with E-state index in [2.05, 4.69) is 58.0 Å². The molecule has 1 unspecified atom stereocenters. The van der Waals surface area contributed by atoms with Crippen LogP contribution in [0.3, 0.4) is 0 Å². The quantitative estimate of drug-likeness (QED) is 0.675. The molecular formula is C22H31N6OP. The molecule has 0 bridgehead atoms. The van der Waals surface area contributed by atoms with Crippen LogP contribution in [-0.4, -0.2) is 91.7 Å². The molecule has 2 saturated heterocycles. The average Bonchev–Trinajstić information content (AvgIpc) is 3.21. The number of hydrogen-bond donors (Lipinski definition) is 0. The third-order valence-electron chi connectivity index (χ3n) is 6.39. The molecule has 0 N–H and O–H groups in total. The van der Waals surface area contributed by atoms with Crippen molar-refractivity contribution < 1.29 is 4.74 Å². The topological polar surface area (TPSA) is 48.0 Å². The number of morpholine rings is 1. The smallest absolute Gasteiger partial charge is 0.161 e. The number of aromatic nitrogens is 2. The Morgan fingerprint density at radius 3 is 2.43 bits per heavy atom. The van der Waals surface area contributed by atoms with E-state index in [9.17, 15) is 0 Å². The Morgan fingerprint density at radius 2 is 1.67 bits per heavy atom. The monoisotopic (exact) mass is 426 g/mol. The molecule has 3 aliphatic heterocycles. The highest BCUT2D eigenvalue weighted by Gasteiger charge is 2.23. The summed E-state index contributed by atoms with van der Waals surface area (Å²) in [6.07, 6.45) is 3.07. The van der Waals surface area contributed by atoms with Crippen LogP contribution in [0, 0.1) is 0 Å². The Labute approximate surface area is 181 Å². The molecule has 1 aromatic heterocycles. The molecule has 0 radical (unpaired) electrons. The standard InChI is InChI=1S/C22H31N6OP/c30-28-11-9-26(10-12-28)20-3-1-18(2-4-20)21-23-17-19-5-6-27(22(19)24-21)8-7-25-13-15-29-16-14-25/h1-4,17H,5-16,30H2. The maximum atomic E-state index is 5.46. The first-order valence-electron chi connectivity index (χ1n) is 11.0. The fourth-order valence-corrected chi connectivity index (χ4v) is 4.69. The van der Waals surface area contributed by atoms with Crippen molar-refractivity contribution in [3.05, 3.63) is 36.0 Å². The molecule has 0 amide bonds. The van der Waals surface area contributed by atoms with E-state index in [4.69, 9.17) is 9.72 Å². The van der Waals surface area contributed by atoms with Crippen LogP contribution in [0.4, 0.5) is 11.5 Å². The van der Waals surface area contributed by atoms with Gasteiger partial charge in [0, 0.05) is 81.9 Å². The number of benzene rings is 1. The Hall–Kier alpha value is -1.79. The minimum atomic E-state index is 0.827. The molecule has 5 rings (SSSR count). The van der Waals surface area contributed by atoms with Crippen molar-refractivity contribution >= 4 is 20.9 Å². The van der Waals surface area contributed by atoms with E-state index in [1.165, 1.54) is 11.3 Å². The van der Waals surface area contributed by atoms with Gasteiger partial charge in [-0.15, -0.1) is 0 Å². The number of anilines is 2. The number of piperazine rings is 1. The van der Waals surface area contributed by atoms with E-state index >= 15 is 0 Å². The first-order chi connectivity index (χ1) is 14.8. The fraction of sp³-hybridized carbons (Fsp3) is 0.545. The fourth-order valence-electron chi connectivity index (χ4n) is 4.45. The Kier molecular flexibility index (Phi) is 6.14. The van der Waals surface area contributed by atoms with Crippen LogP contribution in [0.2, 0.25) is 0 Å². The van der Waals surface area contributed by atoms with Crippen molar-refractivity contribution in [1.82, 2.24) is 19.5 Å². The van der Waals surface area contributed by atoms with Gasteiger partial charge in [0.2, 0.25) is 0 Å². The summed E-state index contributed by atoms with van der Waals surface area (Å²) in [4.78, 5) is 17.0. The van der Waals surface area contributed by atoms with E-state index in [1.807, 2.05) is 6.20 Å². The summed E-state index contributed by atoms with van der Waals surface area (Å²) < 4.78 is 7.76. The molecule has 3 aliphatic rings. The van der Waals surface area contributed by atoms with Crippen molar-refractivity contribution in [3.8, 4) is 11.4 Å². The van der Waals surface area contributed by atoms with E-state index in [0.717, 1.165) is 95.7 Å². The largest absolute Gasteiger partial charge is 0.379 e. The highest BCUT2D eigenvalue weighted by atomic mass is 31.0. The Balaban J connectivity index is 1.27. The van der Waals surface area contributed by atoms with Gasteiger partial charge in [-0.05, 0) is 30.7 Å². The van der Waals surface area contributed by atoms with E-state index in [-0.39, 0.29) is 0 Å². The van der Waals surface area contributed by atoms with Crippen molar-refractivity contribution in [2.45, 2.75) is 6.42 Å². The number of hydrogen-bond acceptors (Lipinski definition) is 7. The lowest BCUT2D eigenvalue weighted by atomic mass is 10.1. The van der Waals surface area contributed by atoms with Crippen LogP contribution in [0.15, 0.2) is 30.5 Å². The molecular weight excluding hydrogens is 395 g/mol. The van der Waals surface area contributed by atoms with Gasteiger partial charge in [0.1, 0.15) is 5.82 Å². The maximum Gasteiger partial charge on any atom is 0.161 e. The lowest BCUT2D eigenvalue weighted by Crippen LogP contribution is -2.42. The lowest BCUT2D eigenvalue weighted by Gasteiger charge is -2.33. The van der Waals surface area contributed by atoms with Crippen molar-refractivity contribution in [2.75, 3.05) is 81.9 Å². The normalized spacial score (nSPS) is 20.6. The summed E-state index contributed by atoms with van der Waals surface area (Å²) in [6.45, 7) is 11.2. The van der Waals surface area contributed by atoms with Gasteiger partial charge >= 0.3 is 0 Å². The molecule has 2 aromatic rings. The van der Waals surface area contributed by atoms with Crippen molar-refractivity contribution in [2.24, 2.45) is 0 Å². The maximum absolute atomic E-state index is 5.46. The van der Waals surface area contributed by atoms with E-state index < -0.39 is 0 Å². The van der Waals surface area contributed by atoms with Crippen LogP contribution in [0.5, 0.6) is 0 Å². The molecule has 8 heteroatoms. The summed E-state index contributed by atoms with van der Waals surface area (Å²) in [6, 6.07) is 8.75. The zero-order valence-corrected chi connectivity index (χ0v) is 18.7. The van der Waals surface area contributed by atoms with Gasteiger partial charge in [-0.25, -0.2) is 9.97 Å². The second-order valence-corrected chi connectivity index (χ2v) is 9.03. The summed E-state index contributed by atoms with van der Waals surface area (Å²) in [7, 11) is 2.80. The molecule has 4 heterocycles. The molecule has 1 atom stereocenters. The lowest BCUT2D eigenvalue weighted by molar-refractivity contribution is 0.0392. The number of rotatable bonds is 5. The second-order valence-electron chi connectivity index (χ2n) is 8.30. The summed E-state index contributed by atoms with van der Waals surface area (Å²) >= 11 is 0. The summed E-state index contributed by atoms with van der Waals surface area (Å²) in [5.41, 5.74) is 3.64. The SMILES string of the molecule is PN1CCN(c2ccc(-c3ncc4c(n3)N(CCN3CCOCC3)CC4)cc2)CC1. The molecule has 7 nitrogen and oxygen atoms in total. The molecule has 30 heavy (non-hydrogen) atoms. The number of nitrogens with zero attached hydrogens (tertiary/aromatic N) is 6. The van der Waals surface area contributed by atoms with Crippen LogP contribution >= 0.6 is 9.39 Å². The first-order valence-corrected chi connectivity index (χ1v) is 11.5. The Morgan fingerprint density at radius 1 is 0.900 bits per heavy atom. The summed E-state index contributed by atoms with van der Waals surface area (Å²) in [5.74, 6) is 1.95. The first kappa shape index (κ1) is 20.1. The van der Waals surface area contributed by atoms with Gasteiger partial charge in [0.15, 0.2) is 5.82 Å². The molecule has 0 spiro atoms. The minimum Gasteiger partial charge on any atom is -0.379 e. The van der Waals surface area contributed by atoms with Gasteiger partial charge in [0.05, 0.1) is 13.2 Å². The minimum absolute atomic E-state index is 0.827. The van der Waals surface area contributed by atoms with Gasteiger partial charge in [-0.3, -0.25) is 9.57 Å². The van der Waals surface area contributed by atoms with Gasteiger partial charge in [-0.1, -0.05) is 9.39 Å².